The largest absolute Gasteiger partial charge is 0.446 e. The topological polar surface area (TPSA) is 52.3 Å². The molecular formula is C10H9Cl2NO2. The summed E-state index contributed by atoms with van der Waals surface area (Å²) >= 11 is 11.9. The second-order valence-corrected chi connectivity index (χ2v) is 4.34. The third-order valence-electron chi connectivity index (χ3n) is 2.41. The molecule has 1 aliphatic rings. The van der Waals surface area contributed by atoms with Crippen molar-refractivity contribution in [1.29, 1.82) is 0 Å². The van der Waals surface area contributed by atoms with Crippen LogP contribution in [0.5, 0.6) is 0 Å². The Morgan fingerprint density at radius 3 is 2.80 bits per heavy atom. The summed E-state index contributed by atoms with van der Waals surface area (Å²) in [6.07, 6.45) is 0.260. The zero-order valence-corrected chi connectivity index (χ0v) is 9.31. The van der Waals surface area contributed by atoms with E-state index in [9.17, 15) is 4.79 Å². The molecule has 0 heterocycles. The Bertz CT molecular complexity index is 420. The van der Waals surface area contributed by atoms with Gasteiger partial charge in [-0.2, -0.15) is 0 Å². The highest BCUT2D eigenvalue weighted by Gasteiger charge is 2.26. The number of halogens is 2. The fraction of sp³-hybridized carbons (Fsp3) is 0.300. The molecule has 5 heteroatoms. The van der Waals surface area contributed by atoms with Crippen LogP contribution in [0.1, 0.15) is 11.1 Å². The van der Waals surface area contributed by atoms with Crippen LogP contribution in [-0.4, -0.2) is 12.2 Å². The summed E-state index contributed by atoms with van der Waals surface area (Å²) in [5.74, 6) is 0. The number of carbonyl (C=O) groups excluding carboxylic acids is 1. The number of carbonyl (C=O) groups is 1. The predicted octanol–water partition coefficient (Wildman–Crippen LogP) is 2.56. The van der Waals surface area contributed by atoms with E-state index in [1.54, 1.807) is 6.07 Å². The zero-order chi connectivity index (χ0) is 11.0. The van der Waals surface area contributed by atoms with E-state index < -0.39 is 6.09 Å². The van der Waals surface area contributed by atoms with Gasteiger partial charge >= 0.3 is 6.09 Å². The molecule has 1 aliphatic carbocycles. The molecule has 15 heavy (non-hydrogen) atoms. The van der Waals surface area contributed by atoms with Crippen molar-refractivity contribution in [2.24, 2.45) is 5.73 Å². The maximum absolute atomic E-state index is 10.6. The van der Waals surface area contributed by atoms with E-state index in [0.29, 0.717) is 22.9 Å². The van der Waals surface area contributed by atoms with Gasteiger partial charge in [0, 0.05) is 22.9 Å². The van der Waals surface area contributed by atoms with Gasteiger partial charge in [-0.1, -0.05) is 23.2 Å². The normalized spacial score (nSPS) is 18.7. The molecule has 1 amide bonds. The Morgan fingerprint density at radius 2 is 2.13 bits per heavy atom. The lowest BCUT2D eigenvalue weighted by Gasteiger charge is -2.07. The zero-order valence-electron chi connectivity index (χ0n) is 7.80. The number of nitrogens with two attached hydrogens (primary N) is 1. The monoisotopic (exact) mass is 245 g/mol. The van der Waals surface area contributed by atoms with Gasteiger partial charge in [-0.25, -0.2) is 4.79 Å². The van der Waals surface area contributed by atoms with Crippen LogP contribution < -0.4 is 5.73 Å². The first kappa shape index (κ1) is 10.6. The minimum Gasteiger partial charge on any atom is -0.446 e. The first-order chi connectivity index (χ1) is 7.06. The van der Waals surface area contributed by atoms with Crippen molar-refractivity contribution in [2.45, 2.75) is 18.9 Å². The van der Waals surface area contributed by atoms with Gasteiger partial charge in [0.05, 0.1) is 0 Å². The Kier molecular flexibility index (Phi) is 2.76. The van der Waals surface area contributed by atoms with E-state index in [1.165, 1.54) is 0 Å². The summed E-state index contributed by atoms with van der Waals surface area (Å²) < 4.78 is 4.93. The first-order valence-electron chi connectivity index (χ1n) is 4.49. The van der Waals surface area contributed by atoms with Crippen LogP contribution in [0.3, 0.4) is 0 Å². The molecule has 1 aromatic rings. The van der Waals surface area contributed by atoms with Crippen LogP contribution in [0, 0.1) is 0 Å². The lowest BCUT2D eigenvalue weighted by Crippen LogP contribution is -2.22. The number of hydrogen-bond donors (Lipinski definition) is 1. The summed E-state index contributed by atoms with van der Waals surface area (Å²) in [7, 11) is 0. The second-order valence-electron chi connectivity index (χ2n) is 3.49. The van der Waals surface area contributed by atoms with Gasteiger partial charge < -0.3 is 10.5 Å². The highest BCUT2D eigenvalue weighted by molar-refractivity contribution is 6.35. The minimum atomic E-state index is -0.755. The van der Waals surface area contributed by atoms with Crippen LogP contribution in [0.15, 0.2) is 12.1 Å². The molecule has 2 rings (SSSR count). The van der Waals surface area contributed by atoms with Crippen LogP contribution in [-0.2, 0) is 17.6 Å². The summed E-state index contributed by atoms with van der Waals surface area (Å²) in [4.78, 5) is 10.6. The SMILES string of the molecule is NC(=O)OC1Cc2cc(Cl)cc(Cl)c2C1. The number of ether oxygens (including phenoxy) is 1. The molecule has 0 aromatic heterocycles. The van der Waals surface area contributed by atoms with Crippen molar-refractivity contribution in [3.05, 3.63) is 33.3 Å². The van der Waals surface area contributed by atoms with Crippen LogP contribution in [0.2, 0.25) is 10.0 Å². The average Bonchev–Trinajstić information content (AvgIpc) is 2.45. The highest BCUT2D eigenvalue weighted by atomic mass is 35.5. The molecule has 0 radical (unpaired) electrons. The van der Waals surface area contributed by atoms with Crippen molar-refractivity contribution in [1.82, 2.24) is 0 Å². The van der Waals surface area contributed by atoms with E-state index >= 15 is 0 Å². The number of amides is 1. The third kappa shape index (κ3) is 2.19. The van der Waals surface area contributed by atoms with E-state index in [2.05, 4.69) is 0 Å². The molecule has 1 unspecified atom stereocenters. The van der Waals surface area contributed by atoms with Crippen LogP contribution in [0.4, 0.5) is 4.79 Å². The Labute approximate surface area is 97.1 Å². The average molecular weight is 246 g/mol. The highest BCUT2D eigenvalue weighted by Crippen LogP contribution is 2.33. The van der Waals surface area contributed by atoms with E-state index in [1.807, 2.05) is 6.07 Å². The molecule has 0 saturated heterocycles. The fourth-order valence-corrected chi connectivity index (χ4v) is 2.47. The second kappa shape index (κ2) is 3.91. The maximum Gasteiger partial charge on any atom is 0.404 e. The molecule has 0 aliphatic heterocycles. The molecule has 2 N–H and O–H groups in total. The lowest BCUT2D eigenvalue weighted by atomic mass is 10.1. The molecule has 1 aromatic carbocycles. The quantitative estimate of drug-likeness (QED) is 0.827. The number of benzene rings is 1. The molecule has 0 spiro atoms. The van der Waals surface area contributed by atoms with E-state index in [0.717, 1.165) is 11.1 Å². The van der Waals surface area contributed by atoms with Crippen molar-refractivity contribution in [2.75, 3.05) is 0 Å². The molecule has 3 nitrogen and oxygen atoms in total. The number of primary amides is 1. The summed E-state index contributed by atoms with van der Waals surface area (Å²) in [6.45, 7) is 0. The number of hydrogen-bond acceptors (Lipinski definition) is 2. The van der Waals surface area contributed by atoms with Gasteiger partial charge in [0.1, 0.15) is 6.10 Å². The van der Waals surface area contributed by atoms with Gasteiger partial charge in [-0.15, -0.1) is 0 Å². The lowest BCUT2D eigenvalue weighted by molar-refractivity contribution is 0.112. The minimum absolute atomic E-state index is 0.214. The smallest absolute Gasteiger partial charge is 0.404 e. The summed E-state index contributed by atoms with van der Waals surface area (Å²) in [5.41, 5.74) is 6.97. The van der Waals surface area contributed by atoms with Gasteiger partial charge in [-0.3, -0.25) is 0 Å². The van der Waals surface area contributed by atoms with Crippen molar-refractivity contribution < 1.29 is 9.53 Å². The van der Waals surface area contributed by atoms with Crippen LogP contribution >= 0.6 is 23.2 Å². The predicted molar refractivity (Wildman–Crippen MR) is 58.3 cm³/mol. The summed E-state index contributed by atoms with van der Waals surface area (Å²) in [5, 5.41) is 1.21. The number of rotatable bonds is 1. The van der Waals surface area contributed by atoms with E-state index in [-0.39, 0.29) is 6.10 Å². The van der Waals surface area contributed by atoms with Crippen molar-refractivity contribution >= 4 is 29.3 Å². The van der Waals surface area contributed by atoms with Gasteiger partial charge in [0.2, 0.25) is 0 Å². The molecule has 80 valence electrons. The standard InChI is InChI=1S/C10H9Cl2NO2/c11-6-1-5-2-7(15-10(13)14)4-8(5)9(12)3-6/h1,3,7H,2,4H2,(H2,13,14). The van der Waals surface area contributed by atoms with Gasteiger partial charge in [0.25, 0.3) is 0 Å². The fourth-order valence-electron chi connectivity index (χ4n) is 1.86. The molecule has 0 fully saturated rings. The molecule has 1 atom stereocenters. The first-order valence-corrected chi connectivity index (χ1v) is 5.24. The maximum atomic E-state index is 10.6. The third-order valence-corrected chi connectivity index (χ3v) is 2.97. The summed E-state index contributed by atoms with van der Waals surface area (Å²) in [6, 6.07) is 3.53. The van der Waals surface area contributed by atoms with E-state index in [4.69, 9.17) is 33.7 Å². The van der Waals surface area contributed by atoms with Gasteiger partial charge in [-0.05, 0) is 23.3 Å². The van der Waals surface area contributed by atoms with Crippen LogP contribution in [0.25, 0.3) is 0 Å². The molecule has 0 bridgehead atoms. The number of fused-ring (bicyclic) bond motifs is 1. The van der Waals surface area contributed by atoms with Crippen molar-refractivity contribution in [3.63, 3.8) is 0 Å². The van der Waals surface area contributed by atoms with Crippen molar-refractivity contribution in [3.8, 4) is 0 Å². The Hall–Kier alpha value is -0.930. The molecular weight excluding hydrogens is 237 g/mol. The molecule has 0 saturated carbocycles. The Morgan fingerprint density at radius 1 is 1.40 bits per heavy atom. The van der Waals surface area contributed by atoms with Gasteiger partial charge in [0.15, 0.2) is 0 Å². The Balaban J connectivity index is 2.23.